The third kappa shape index (κ3) is 3.66. The van der Waals surface area contributed by atoms with Gasteiger partial charge in [-0.15, -0.1) is 0 Å². The van der Waals surface area contributed by atoms with Gasteiger partial charge >= 0.3 is 0 Å². The molecule has 2 heterocycles. The topological polar surface area (TPSA) is 75.4 Å². The van der Waals surface area contributed by atoms with E-state index in [1.807, 2.05) is 0 Å². The summed E-state index contributed by atoms with van der Waals surface area (Å²) < 4.78 is 4.37. The van der Waals surface area contributed by atoms with Crippen LogP contribution in [0.15, 0.2) is 0 Å². The highest BCUT2D eigenvalue weighted by molar-refractivity contribution is 7.09. The Morgan fingerprint density at radius 1 is 1.26 bits per heavy atom. The predicted molar refractivity (Wildman–Crippen MR) is 92.6 cm³/mol. The third-order valence-corrected chi connectivity index (χ3v) is 5.95. The first-order valence-corrected chi connectivity index (χ1v) is 9.56. The van der Waals surface area contributed by atoms with Gasteiger partial charge in [0, 0.05) is 50.1 Å². The standard InChI is InChI=1S/C16H27N5OS/c1-2-14-18-16(23-19-14)21-8-4-7-20(9-10-21)15(22)13-6-3-5-12(13)11-17/h12-13H,2-11,17H2,1H3/t12-,13-/m1/s1. The molecular weight excluding hydrogens is 310 g/mol. The molecule has 0 spiro atoms. The second-order valence-corrected chi connectivity index (χ2v) is 7.28. The van der Waals surface area contributed by atoms with Gasteiger partial charge in [-0.05, 0) is 31.7 Å². The first-order valence-electron chi connectivity index (χ1n) is 8.79. The normalized spacial score (nSPS) is 25.7. The Kier molecular flexibility index (Phi) is 5.48. The number of carbonyl (C=O) groups is 1. The van der Waals surface area contributed by atoms with Crippen molar-refractivity contribution < 1.29 is 4.79 Å². The summed E-state index contributed by atoms with van der Waals surface area (Å²) in [6, 6.07) is 0. The van der Waals surface area contributed by atoms with Crippen LogP contribution in [0.5, 0.6) is 0 Å². The number of nitrogens with two attached hydrogens (primary N) is 1. The molecule has 1 amide bonds. The molecule has 0 bridgehead atoms. The van der Waals surface area contributed by atoms with E-state index in [0.29, 0.717) is 18.4 Å². The molecule has 1 aromatic heterocycles. The maximum absolute atomic E-state index is 12.8. The van der Waals surface area contributed by atoms with Gasteiger partial charge in [0.15, 0.2) is 0 Å². The summed E-state index contributed by atoms with van der Waals surface area (Å²) in [4.78, 5) is 21.8. The smallest absolute Gasteiger partial charge is 0.226 e. The summed E-state index contributed by atoms with van der Waals surface area (Å²) in [5, 5.41) is 0.997. The maximum atomic E-state index is 12.8. The number of rotatable bonds is 4. The van der Waals surface area contributed by atoms with Crippen molar-refractivity contribution in [3.05, 3.63) is 5.82 Å². The van der Waals surface area contributed by atoms with Gasteiger partial charge in [0.2, 0.25) is 11.0 Å². The maximum Gasteiger partial charge on any atom is 0.226 e. The average Bonchev–Trinajstić information content (AvgIpc) is 3.18. The molecule has 2 aliphatic rings. The SMILES string of the molecule is CCc1nsc(N2CCCN(C(=O)[C@@H]3CCC[C@@H]3CN)CC2)n1. The van der Waals surface area contributed by atoms with Crippen molar-refractivity contribution in [2.24, 2.45) is 17.6 Å². The molecule has 2 fully saturated rings. The van der Waals surface area contributed by atoms with Crippen molar-refractivity contribution in [2.75, 3.05) is 37.6 Å². The van der Waals surface area contributed by atoms with Crippen LogP contribution in [0.3, 0.4) is 0 Å². The molecule has 7 heteroatoms. The van der Waals surface area contributed by atoms with E-state index < -0.39 is 0 Å². The van der Waals surface area contributed by atoms with Crippen molar-refractivity contribution in [3.8, 4) is 0 Å². The van der Waals surface area contributed by atoms with E-state index >= 15 is 0 Å². The lowest BCUT2D eigenvalue weighted by Crippen LogP contribution is -2.41. The van der Waals surface area contributed by atoms with E-state index in [2.05, 4.69) is 26.1 Å². The summed E-state index contributed by atoms with van der Waals surface area (Å²) >= 11 is 1.47. The molecule has 1 aliphatic carbocycles. The highest BCUT2D eigenvalue weighted by Gasteiger charge is 2.35. The number of nitrogens with zero attached hydrogens (tertiary/aromatic N) is 4. The van der Waals surface area contributed by atoms with Gasteiger partial charge < -0.3 is 15.5 Å². The van der Waals surface area contributed by atoms with E-state index in [1.165, 1.54) is 11.5 Å². The van der Waals surface area contributed by atoms with Crippen LogP contribution in [0.4, 0.5) is 5.13 Å². The van der Waals surface area contributed by atoms with E-state index in [-0.39, 0.29) is 5.92 Å². The third-order valence-electron chi connectivity index (χ3n) is 5.13. The Labute approximate surface area is 142 Å². The first kappa shape index (κ1) is 16.6. The lowest BCUT2D eigenvalue weighted by molar-refractivity contribution is -0.136. The molecule has 0 radical (unpaired) electrons. The molecule has 1 saturated carbocycles. The molecule has 2 N–H and O–H groups in total. The number of aromatic nitrogens is 2. The zero-order valence-electron chi connectivity index (χ0n) is 13.9. The molecule has 23 heavy (non-hydrogen) atoms. The minimum atomic E-state index is 0.153. The zero-order valence-corrected chi connectivity index (χ0v) is 14.7. The van der Waals surface area contributed by atoms with Crippen LogP contribution in [0.1, 0.15) is 38.4 Å². The molecule has 2 atom stereocenters. The van der Waals surface area contributed by atoms with Gasteiger partial charge in [0.05, 0.1) is 0 Å². The van der Waals surface area contributed by atoms with Crippen molar-refractivity contribution in [1.29, 1.82) is 0 Å². The predicted octanol–water partition coefficient (Wildman–Crippen LogP) is 1.51. The van der Waals surface area contributed by atoms with E-state index in [9.17, 15) is 4.79 Å². The van der Waals surface area contributed by atoms with Crippen molar-refractivity contribution >= 4 is 22.6 Å². The van der Waals surface area contributed by atoms with Crippen LogP contribution in [0.2, 0.25) is 0 Å². The van der Waals surface area contributed by atoms with Crippen LogP contribution in [-0.4, -0.2) is 52.9 Å². The van der Waals surface area contributed by atoms with E-state index in [4.69, 9.17) is 5.73 Å². The highest BCUT2D eigenvalue weighted by atomic mass is 32.1. The summed E-state index contributed by atoms with van der Waals surface area (Å²) in [6.07, 6.45) is 5.13. The number of amides is 1. The van der Waals surface area contributed by atoms with Crippen molar-refractivity contribution in [3.63, 3.8) is 0 Å². The Morgan fingerprint density at radius 2 is 2.13 bits per heavy atom. The van der Waals surface area contributed by atoms with Gasteiger partial charge in [0.1, 0.15) is 5.82 Å². The molecule has 128 valence electrons. The fourth-order valence-corrected chi connectivity index (χ4v) is 4.53. The lowest BCUT2D eigenvalue weighted by atomic mass is 9.94. The largest absolute Gasteiger partial charge is 0.345 e. The monoisotopic (exact) mass is 337 g/mol. The van der Waals surface area contributed by atoms with Crippen molar-refractivity contribution in [2.45, 2.75) is 39.0 Å². The number of carbonyl (C=O) groups excluding carboxylic acids is 1. The highest BCUT2D eigenvalue weighted by Crippen LogP contribution is 2.32. The van der Waals surface area contributed by atoms with Gasteiger partial charge in [-0.2, -0.15) is 4.37 Å². The lowest BCUT2D eigenvalue weighted by Gasteiger charge is -2.27. The van der Waals surface area contributed by atoms with Crippen LogP contribution >= 0.6 is 11.5 Å². The van der Waals surface area contributed by atoms with E-state index in [0.717, 1.165) is 69.2 Å². The Balaban J connectivity index is 1.60. The van der Waals surface area contributed by atoms with Gasteiger partial charge in [-0.3, -0.25) is 4.79 Å². The van der Waals surface area contributed by atoms with Crippen molar-refractivity contribution in [1.82, 2.24) is 14.3 Å². The molecule has 1 saturated heterocycles. The van der Waals surface area contributed by atoms with Gasteiger partial charge in [0.25, 0.3) is 0 Å². The fourth-order valence-electron chi connectivity index (χ4n) is 3.72. The minimum Gasteiger partial charge on any atom is -0.345 e. The van der Waals surface area contributed by atoms with Crippen LogP contribution in [-0.2, 0) is 11.2 Å². The summed E-state index contributed by atoms with van der Waals surface area (Å²) in [5.41, 5.74) is 5.84. The van der Waals surface area contributed by atoms with Crippen LogP contribution < -0.4 is 10.6 Å². The molecular formula is C16H27N5OS. The van der Waals surface area contributed by atoms with Gasteiger partial charge in [-0.1, -0.05) is 13.3 Å². The Hall–Kier alpha value is -1.21. The number of anilines is 1. The molecule has 0 unspecified atom stereocenters. The Bertz CT molecular complexity index is 534. The number of aryl methyl sites for hydroxylation is 1. The first-order chi connectivity index (χ1) is 11.2. The molecule has 6 nitrogen and oxygen atoms in total. The average molecular weight is 337 g/mol. The minimum absolute atomic E-state index is 0.153. The van der Waals surface area contributed by atoms with Crippen LogP contribution in [0, 0.1) is 11.8 Å². The van der Waals surface area contributed by atoms with Gasteiger partial charge in [-0.25, -0.2) is 4.98 Å². The molecule has 0 aromatic carbocycles. The summed E-state index contributed by atoms with van der Waals surface area (Å²) in [6.45, 7) is 6.15. The summed E-state index contributed by atoms with van der Waals surface area (Å²) in [5.74, 6) is 1.78. The second kappa shape index (κ2) is 7.57. The molecule has 3 rings (SSSR count). The fraction of sp³-hybridized carbons (Fsp3) is 0.812. The zero-order chi connectivity index (χ0) is 16.2. The quantitative estimate of drug-likeness (QED) is 0.901. The van der Waals surface area contributed by atoms with Crippen LogP contribution in [0.25, 0.3) is 0 Å². The number of hydrogen-bond donors (Lipinski definition) is 1. The second-order valence-electron chi connectivity index (χ2n) is 6.55. The molecule has 1 aromatic rings. The summed E-state index contributed by atoms with van der Waals surface area (Å²) in [7, 11) is 0. The number of hydrogen-bond acceptors (Lipinski definition) is 6. The molecule has 1 aliphatic heterocycles. The Morgan fingerprint density at radius 3 is 2.87 bits per heavy atom. The van der Waals surface area contributed by atoms with E-state index in [1.54, 1.807) is 0 Å².